The van der Waals surface area contributed by atoms with Crippen molar-refractivity contribution in [1.29, 1.82) is 0 Å². The Morgan fingerprint density at radius 1 is 1.28 bits per heavy atom. The molecule has 1 atom stereocenters. The van der Waals surface area contributed by atoms with Crippen molar-refractivity contribution in [3.05, 3.63) is 23.4 Å². The van der Waals surface area contributed by atoms with E-state index in [1.165, 1.54) is 6.92 Å². The third kappa shape index (κ3) is 7.51. The highest BCUT2D eigenvalue weighted by atomic mass is 16.6. The Labute approximate surface area is 146 Å². The Morgan fingerprint density at radius 3 is 2.44 bits per heavy atom. The van der Waals surface area contributed by atoms with Crippen LogP contribution in [0.4, 0.5) is 15.4 Å². The predicted octanol–water partition coefficient (Wildman–Crippen LogP) is 2.01. The van der Waals surface area contributed by atoms with Gasteiger partial charge in [-0.05, 0) is 46.2 Å². The smallest absolute Gasteiger partial charge is 0.413 e. The fraction of sp³-hybridized carbons (Fsp3) is 0.500. The average molecular weight is 352 g/mol. The number of anilines is 1. The molecular weight excluding hydrogens is 328 g/mol. The number of carbonyl (C=O) groups is 3. The number of carboxylic acid groups (broad SMARTS) is 1. The van der Waals surface area contributed by atoms with Crippen molar-refractivity contribution >= 4 is 23.9 Å². The summed E-state index contributed by atoms with van der Waals surface area (Å²) in [5.74, 6) is -0.111. The third-order valence-electron chi connectivity index (χ3n) is 3.01. The highest BCUT2D eigenvalue weighted by molar-refractivity contribution is 5.85. The van der Waals surface area contributed by atoms with Crippen LogP contribution in [-0.2, 0) is 16.1 Å². The van der Waals surface area contributed by atoms with Gasteiger partial charge >= 0.3 is 12.2 Å². The molecule has 0 aliphatic heterocycles. The lowest BCUT2D eigenvalue weighted by Gasteiger charge is -2.19. The van der Waals surface area contributed by atoms with Crippen LogP contribution in [-0.4, -0.2) is 39.8 Å². The minimum Gasteiger partial charge on any atom is -0.465 e. The molecule has 9 heteroatoms. The molecule has 0 aromatic carbocycles. The van der Waals surface area contributed by atoms with Gasteiger partial charge < -0.3 is 20.5 Å². The van der Waals surface area contributed by atoms with E-state index in [9.17, 15) is 14.4 Å². The first-order chi connectivity index (χ1) is 11.5. The van der Waals surface area contributed by atoms with Crippen molar-refractivity contribution in [3.63, 3.8) is 0 Å². The summed E-state index contributed by atoms with van der Waals surface area (Å²) in [7, 11) is 0. The number of nitrogens with one attached hydrogen (secondary N) is 3. The highest BCUT2D eigenvalue weighted by Crippen LogP contribution is 2.13. The number of amides is 3. The molecule has 0 unspecified atom stereocenters. The van der Waals surface area contributed by atoms with Gasteiger partial charge in [0.1, 0.15) is 17.5 Å². The van der Waals surface area contributed by atoms with Gasteiger partial charge in [-0.2, -0.15) is 0 Å². The van der Waals surface area contributed by atoms with Crippen LogP contribution in [0.2, 0.25) is 0 Å². The van der Waals surface area contributed by atoms with E-state index in [0.717, 1.165) is 5.56 Å². The average Bonchev–Trinajstić information content (AvgIpc) is 2.43. The van der Waals surface area contributed by atoms with E-state index in [-0.39, 0.29) is 6.54 Å². The molecule has 4 N–H and O–H groups in total. The lowest BCUT2D eigenvalue weighted by Crippen LogP contribution is -2.44. The van der Waals surface area contributed by atoms with Gasteiger partial charge in [0.15, 0.2) is 0 Å². The number of ether oxygens (including phenoxy) is 1. The van der Waals surface area contributed by atoms with E-state index in [4.69, 9.17) is 9.84 Å². The van der Waals surface area contributed by atoms with Crippen molar-refractivity contribution in [2.24, 2.45) is 0 Å². The molecule has 0 saturated heterocycles. The SMILES string of the molecule is Cc1nc(NC(=O)OC(C)(C)C)ccc1CNC(=O)[C@H](C)NC(=O)O. The lowest BCUT2D eigenvalue weighted by molar-refractivity contribution is -0.122. The first-order valence-corrected chi connectivity index (χ1v) is 7.71. The second-order valence-electron chi connectivity index (χ2n) is 6.46. The maximum Gasteiger partial charge on any atom is 0.413 e. The number of aromatic nitrogens is 1. The van der Waals surface area contributed by atoms with Crippen LogP contribution in [0.3, 0.4) is 0 Å². The molecule has 138 valence electrons. The van der Waals surface area contributed by atoms with Gasteiger partial charge in [0.2, 0.25) is 5.91 Å². The van der Waals surface area contributed by atoms with Crippen LogP contribution in [0.1, 0.15) is 39.0 Å². The maximum absolute atomic E-state index is 11.8. The number of hydrogen-bond donors (Lipinski definition) is 4. The van der Waals surface area contributed by atoms with E-state index in [0.29, 0.717) is 11.5 Å². The van der Waals surface area contributed by atoms with Crippen molar-refractivity contribution < 1.29 is 24.2 Å². The minimum atomic E-state index is -1.27. The normalized spacial score (nSPS) is 12.0. The first-order valence-electron chi connectivity index (χ1n) is 7.71. The van der Waals surface area contributed by atoms with E-state index in [2.05, 4.69) is 20.9 Å². The molecule has 0 radical (unpaired) electrons. The maximum atomic E-state index is 11.8. The largest absolute Gasteiger partial charge is 0.465 e. The molecule has 1 rings (SSSR count). The van der Waals surface area contributed by atoms with Gasteiger partial charge in [-0.25, -0.2) is 14.6 Å². The molecule has 0 aliphatic rings. The van der Waals surface area contributed by atoms with E-state index >= 15 is 0 Å². The molecule has 0 saturated carbocycles. The van der Waals surface area contributed by atoms with Gasteiger partial charge in [0.05, 0.1) is 0 Å². The van der Waals surface area contributed by atoms with E-state index < -0.39 is 29.7 Å². The minimum absolute atomic E-state index is 0.190. The molecule has 1 heterocycles. The third-order valence-corrected chi connectivity index (χ3v) is 3.01. The summed E-state index contributed by atoms with van der Waals surface area (Å²) < 4.78 is 5.15. The van der Waals surface area contributed by atoms with Crippen LogP contribution in [0.25, 0.3) is 0 Å². The molecule has 3 amide bonds. The Kier molecular flexibility index (Phi) is 6.72. The highest BCUT2D eigenvalue weighted by Gasteiger charge is 2.17. The Bertz CT molecular complexity index is 654. The van der Waals surface area contributed by atoms with Crippen molar-refractivity contribution in [2.45, 2.75) is 52.8 Å². The van der Waals surface area contributed by atoms with E-state index in [1.54, 1.807) is 39.8 Å². The summed E-state index contributed by atoms with van der Waals surface area (Å²) in [6.45, 7) is 8.66. The van der Waals surface area contributed by atoms with E-state index in [1.807, 2.05) is 0 Å². The van der Waals surface area contributed by atoms with Gasteiger partial charge in [0.25, 0.3) is 0 Å². The molecule has 0 spiro atoms. The monoisotopic (exact) mass is 352 g/mol. The van der Waals surface area contributed by atoms with Gasteiger partial charge in [0, 0.05) is 12.2 Å². The first kappa shape index (κ1) is 20.2. The standard InChI is InChI=1S/C16H24N4O5/c1-9-11(8-17-13(21)10(2)19-14(22)23)6-7-12(18-9)20-15(24)25-16(3,4)5/h6-7,10,19H,8H2,1-5H3,(H,17,21)(H,22,23)(H,18,20,24)/t10-/m0/s1. The fourth-order valence-corrected chi connectivity index (χ4v) is 1.84. The Hall–Kier alpha value is -2.84. The molecule has 0 fully saturated rings. The van der Waals surface area contributed by atoms with Crippen molar-refractivity contribution in [1.82, 2.24) is 15.6 Å². The summed E-state index contributed by atoms with van der Waals surface area (Å²) in [4.78, 5) is 38.2. The number of hydrogen-bond acceptors (Lipinski definition) is 5. The topological polar surface area (TPSA) is 130 Å². The molecule has 1 aromatic heterocycles. The molecule has 0 aliphatic carbocycles. The second kappa shape index (κ2) is 8.32. The number of carbonyl (C=O) groups excluding carboxylic acids is 2. The summed E-state index contributed by atoms with van der Waals surface area (Å²) >= 11 is 0. The summed E-state index contributed by atoms with van der Waals surface area (Å²) in [6, 6.07) is 2.45. The molecular formula is C16H24N4O5. The van der Waals surface area contributed by atoms with Gasteiger partial charge in [-0.3, -0.25) is 10.1 Å². The van der Waals surface area contributed by atoms with Crippen LogP contribution in [0.5, 0.6) is 0 Å². The number of nitrogens with zero attached hydrogens (tertiary/aromatic N) is 1. The Balaban J connectivity index is 2.62. The number of rotatable bonds is 5. The molecule has 9 nitrogen and oxygen atoms in total. The quantitative estimate of drug-likeness (QED) is 0.641. The van der Waals surface area contributed by atoms with Crippen molar-refractivity contribution in [2.75, 3.05) is 5.32 Å². The molecule has 0 bridgehead atoms. The zero-order valence-corrected chi connectivity index (χ0v) is 15.0. The van der Waals surface area contributed by atoms with Gasteiger partial charge in [-0.15, -0.1) is 0 Å². The Morgan fingerprint density at radius 2 is 1.92 bits per heavy atom. The number of aryl methyl sites for hydroxylation is 1. The van der Waals surface area contributed by atoms with Crippen LogP contribution in [0.15, 0.2) is 12.1 Å². The van der Waals surface area contributed by atoms with Gasteiger partial charge in [-0.1, -0.05) is 6.07 Å². The number of pyridine rings is 1. The predicted molar refractivity (Wildman–Crippen MR) is 91.3 cm³/mol. The summed E-state index contributed by atoms with van der Waals surface area (Å²) in [5, 5.41) is 15.8. The van der Waals surface area contributed by atoms with Crippen molar-refractivity contribution in [3.8, 4) is 0 Å². The van der Waals surface area contributed by atoms with Crippen LogP contribution < -0.4 is 16.0 Å². The van der Waals surface area contributed by atoms with Crippen LogP contribution >= 0.6 is 0 Å². The fourth-order valence-electron chi connectivity index (χ4n) is 1.84. The summed E-state index contributed by atoms with van der Waals surface area (Å²) in [5.41, 5.74) is 0.752. The zero-order valence-electron chi connectivity index (χ0n) is 15.0. The lowest BCUT2D eigenvalue weighted by atomic mass is 10.2. The molecule has 25 heavy (non-hydrogen) atoms. The summed E-state index contributed by atoms with van der Waals surface area (Å²) in [6.07, 6.45) is -1.87. The second-order valence-corrected chi connectivity index (χ2v) is 6.46. The zero-order chi connectivity index (χ0) is 19.2. The molecule has 1 aromatic rings. The van der Waals surface area contributed by atoms with Crippen LogP contribution in [0, 0.1) is 6.92 Å².